The zero-order chi connectivity index (χ0) is 23.3. The van der Waals surface area contributed by atoms with Crippen LogP contribution in [0.1, 0.15) is 28.9 Å². The molecule has 1 aliphatic rings. The summed E-state index contributed by atoms with van der Waals surface area (Å²) in [6, 6.07) is 8.69. The lowest BCUT2D eigenvalue weighted by Crippen LogP contribution is -2.47. The number of esters is 2. The largest absolute Gasteiger partial charge is 0.494 e. The Morgan fingerprint density at radius 3 is 2.44 bits per heavy atom. The number of urea groups is 1. The number of carbonyl (C=O) groups excluding carboxylic acids is 3. The van der Waals surface area contributed by atoms with E-state index in [-0.39, 0.29) is 29.2 Å². The Morgan fingerprint density at radius 1 is 1.09 bits per heavy atom. The summed E-state index contributed by atoms with van der Waals surface area (Å²) in [5.41, 5.74) is 0.640. The summed E-state index contributed by atoms with van der Waals surface area (Å²) in [7, 11) is 1.30. The number of halogens is 2. The average molecular weight is 463 g/mol. The first-order chi connectivity index (χ1) is 15.3. The summed E-state index contributed by atoms with van der Waals surface area (Å²) in [6.07, 6.45) is 0. The molecule has 1 heterocycles. The van der Waals surface area contributed by atoms with Crippen molar-refractivity contribution < 1.29 is 33.0 Å². The first kappa shape index (κ1) is 23.1. The first-order valence-electron chi connectivity index (χ1n) is 9.57. The van der Waals surface area contributed by atoms with Crippen LogP contribution in [0, 0.1) is 5.82 Å². The topological polar surface area (TPSA) is 103 Å². The molecule has 3 rings (SSSR count). The molecule has 0 saturated carbocycles. The van der Waals surface area contributed by atoms with Crippen molar-refractivity contribution in [3.8, 4) is 5.75 Å². The van der Waals surface area contributed by atoms with Crippen LogP contribution in [0.4, 0.5) is 9.18 Å². The minimum absolute atomic E-state index is 0.0229. The Morgan fingerprint density at radius 2 is 1.81 bits per heavy atom. The second-order valence-electron chi connectivity index (χ2n) is 6.62. The number of benzene rings is 2. The molecule has 0 spiro atoms. The number of hydrogen-bond acceptors (Lipinski definition) is 6. The van der Waals surface area contributed by atoms with Crippen molar-refractivity contribution >= 4 is 29.6 Å². The van der Waals surface area contributed by atoms with Crippen LogP contribution in [0.2, 0.25) is 5.02 Å². The third-order valence-electron chi connectivity index (χ3n) is 4.59. The summed E-state index contributed by atoms with van der Waals surface area (Å²) in [6.45, 7) is 1.29. The zero-order valence-electron chi connectivity index (χ0n) is 17.2. The van der Waals surface area contributed by atoms with E-state index >= 15 is 0 Å². The van der Waals surface area contributed by atoms with Gasteiger partial charge in [-0.05, 0) is 42.8 Å². The highest BCUT2D eigenvalue weighted by Gasteiger charge is 2.34. The molecule has 0 aliphatic carbocycles. The Labute approximate surface area is 188 Å². The molecular weight excluding hydrogens is 443 g/mol. The predicted molar refractivity (Wildman–Crippen MR) is 113 cm³/mol. The molecule has 0 aromatic heterocycles. The van der Waals surface area contributed by atoms with E-state index in [1.54, 1.807) is 31.2 Å². The van der Waals surface area contributed by atoms with E-state index in [0.29, 0.717) is 10.6 Å². The standard InChI is InChI=1S/C22H20ClFN2O6/c1-3-31-21(28)18-16(11-32-20(27)13-6-9-17(30-2)15(24)10-13)25-22(29)26-19(18)12-4-7-14(23)8-5-12/h4-10,19H,3,11H2,1-2H3,(H2,25,26,29). The molecule has 168 valence electrons. The SMILES string of the molecule is CCOC(=O)C1=C(COC(=O)c2ccc(OC)c(F)c2)NC(=O)NC1c1ccc(Cl)cc1. The van der Waals surface area contributed by atoms with Gasteiger partial charge in [-0.25, -0.2) is 18.8 Å². The molecule has 2 amide bonds. The van der Waals surface area contributed by atoms with Gasteiger partial charge < -0.3 is 24.8 Å². The van der Waals surface area contributed by atoms with Crippen molar-refractivity contribution in [2.45, 2.75) is 13.0 Å². The van der Waals surface area contributed by atoms with Crippen LogP contribution in [-0.4, -0.2) is 38.3 Å². The quantitative estimate of drug-likeness (QED) is 0.610. The molecule has 0 saturated heterocycles. The Balaban J connectivity index is 1.90. The minimum Gasteiger partial charge on any atom is -0.494 e. The molecule has 1 aliphatic heterocycles. The molecule has 2 N–H and O–H groups in total. The maximum atomic E-state index is 13.9. The summed E-state index contributed by atoms with van der Waals surface area (Å²) in [5.74, 6) is -2.30. The molecule has 0 radical (unpaired) electrons. The number of methoxy groups -OCH3 is 1. The molecule has 0 fully saturated rings. The fraction of sp³-hybridized carbons (Fsp3) is 0.227. The smallest absolute Gasteiger partial charge is 0.338 e. The second kappa shape index (κ2) is 10.1. The van der Waals surface area contributed by atoms with Gasteiger partial charge >= 0.3 is 18.0 Å². The molecule has 1 unspecified atom stereocenters. The number of ether oxygens (including phenoxy) is 3. The maximum absolute atomic E-state index is 13.9. The van der Waals surface area contributed by atoms with Crippen molar-refractivity contribution in [3.63, 3.8) is 0 Å². The van der Waals surface area contributed by atoms with Crippen LogP contribution >= 0.6 is 11.6 Å². The van der Waals surface area contributed by atoms with Crippen molar-refractivity contribution in [1.82, 2.24) is 10.6 Å². The first-order valence-corrected chi connectivity index (χ1v) is 9.95. The van der Waals surface area contributed by atoms with Gasteiger partial charge in [-0.15, -0.1) is 0 Å². The third kappa shape index (κ3) is 5.17. The second-order valence-corrected chi connectivity index (χ2v) is 7.06. The lowest BCUT2D eigenvalue weighted by atomic mass is 9.95. The summed E-state index contributed by atoms with van der Waals surface area (Å²) in [5, 5.41) is 5.62. The maximum Gasteiger partial charge on any atom is 0.338 e. The van der Waals surface area contributed by atoms with E-state index in [1.165, 1.54) is 19.2 Å². The summed E-state index contributed by atoms with van der Waals surface area (Å²) >= 11 is 5.93. The molecule has 32 heavy (non-hydrogen) atoms. The van der Waals surface area contributed by atoms with E-state index < -0.39 is 36.4 Å². The molecule has 2 aromatic rings. The van der Waals surface area contributed by atoms with Crippen LogP contribution in [0.5, 0.6) is 5.75 Å². The van der Waals surface area contributed by atoms with Crippen LogP contribution in [0.3, 0.4) is 0 Å². The number of amides is 2. The molecule has 1 atom stereocenters. The lowest BCUT2D eigenvalue weighted by molar-refractivity contribution is -0.139. The number of hydrogen-bond donors (Lipinski definition) is 2. The Bertz CT molecular complexity index is 1070. The highest BCUT2D eigenvalue weighted by molar-refractivity contribution is 6.30. The fourth-order valence-electron chi connectivity index (χ4n) is 3.10. The highest BCUT2D eigenvalue weighted by Crippen LogP contribution is 2.29. The third-order valence-corrected chi connectivity index (χ3v) is 4.84. The summed E-state index contributed by atoms with van der Waals surface area (Å²) < 4.78 is 29.1. The van der Waals surface area contributed by atoms with Crippen molar-refractivity contribution in [3.05, 3.63) is 75.7 Å². The van der Waals surface area contributed by atoms with Gasteiger partial charge in [-0.1, -0.05) is 23.7 Å². The van der Waals surface area contributed by atoms with Gasteiger partial charge in [0, 0.05) is 5.02 Å². The van der Waals surface area contributed by atoms with Gasteiger partial charge in [0.25, 0.3) is 0 Å². The minimum atomic E-state index is -0.854. The summed E-state index contributed by atoms with van der Waals surface area (Å²) in [4.78, 5) is 37.3. The number of rotatable bonds is 7. The van der Waals surface area contributed by atoms with Gasteiger partial charge in [-0.2, -0.15) is 0 Å². The van der Waals surface area contributed by atoms with Crippen LogP contribution in [-0.2, 0) is 14.3 Å². The zero-order valence-corrected chi connectivity index (χ0v) is 18.0. The predicted octanol–water partition coefficient (Wildman–Crippen LogP) is 3.52. The molecule has 10 heteroatoms. The Hall–Kier alpha value is -3.59. The van der Waals surface area contributed by atoms with Gasteiger partial charge in [0.05, 0.1) is 36.6 Å². The van der Waals surface area contributed by atoms with E-state index in [1.807, 2.05) is 0 Å². The normalized spacial score (nSPS) is 15.5. The van der Waals surface area contributed by atoms with Crippen LogP contribution in [0.15, 0.2) is 53.7 Å². The van der Waals surface area contributed by atoms with E-state index in [0.717, 1.165) is 6.07 Å². The lowest BCUT2D eigenvalue weighted by Gasteiger charge is -2.29. The van der Waals surface area contributed by atoms with E-state index in [2.05, 4.69) is 10.6 Å². The Kier molecular flexibility index (Phi) is 7.32. The van der Waals surface area contributed by atoms with E-state index in [4.69, 9.17) is 25.8 Å². The highest BCUT2D eigenvalue weighted by atomic mass is 35.5. The molecule has 8 nitrogen and oxygen atoms in total. The molecular formula is C22H20ClFN2O6. The monoisotopic (exact) mass is 462 g/mol. The van der Waals surface area contributed by atoms with Crippen LogP contribution < -0.4 is 15.4 Å². The number of carbonyl (C=O) groups is 3. The van der Waals surface area contributed by atoms with Crippen molar-refractivity contribution in [1.29, 1.82) is 0 Å². The van der Waals surface area contributed by atoms with Crippen molar-refractivity contribution in [2.24, 2.45) is 0 Å². The van der Waals surface area contributed by atoms with Gasteiger partial charge in [0.15, 0.2) is 11.6 Å². The molecule has 2 aromatic carbocycles. The van der Waals surface area contributed by atoms with Gasteiger partial charge in [0.2, 0.25) is 0 Å². The average Bonchev–Trinajstić information content (AvgIpc) is 2.77. The molecule has 0 bridgehead atoms. The van der Waals surface area contributed by atoms with Gasteiger partial charge in [-0.3, -0.25) is 0 Å². The van der Waals surface area contributed by atoms with Gasteiger partial charge in [0.1, 0.15) is 6.61 Å². The number of nitrogens with one attached hydrogen (secondary N) is 2. The van der Waals surface area contributed by atoms with E-state index in [9.17, 15) is 18.8 Å². The van der Waals surface area contributed by atoms with Crippen molar-refractivity contribution in [2.75, 3.05) is 20.3 Å². The van der Waals surface area contributed by atoms with Crippen LogP contribution in [0.25, 0.3) is 0 Å². The fourth-order valence-corrected chi connectivity index (χ4v) is 3.23.